The van der Waals surface area contributed by atoms with Gasteiger partial charge in [-0.2, -0.15) is 0 Å². The summed E-state index contributed by atoms with van der Waals surface area (Å²) in [7, 11) is 3.94. The van der Waals surface area contributed by atoms with Gasteiger partial charge in [0.1, 0.15) is 5.82 Å². The van der Waals surface area contributed by atoms with Gasteiger partial charge in [-0.25, -0.2) is 4.98 Å². The van der Waals surface area contributed by atoms with Crippen molar-refractivity contribution in [1.82, 2.24) is 15.2 Å². The number of nitrogens with zero attached hydrogens (tertiary/aromatic N) is 2. The van der Waals surface area contributed by atoms with E-state index in [9.17, 15) is 4.79 Å². The summed E-state index contributed by atoms with van der Waals surface area (Å²) in [6, 6.07) is 11.2. The summed E-state index contributed by atoms with van der Waals surface area (Å²) in [5.74, 6) is 0.542. The van der Waals surface area contributed by atoms with E-state index in [-0.39, 0.29) is 5.91 Å². The smallest absolute Gasteiger partial charge is 0.251 e. The summed E-state index contributed by atoms with van der Waals surface area (Å²) in [5.41, 5.74) is 1.50. The molecule has 0 aliphatic carbocycles. The lowest BCUT2D eigenvalue weighted by molar-refractivity contribution is 0.0951. The van der Waals surface area contributed by atoms with Crippen LogP contribution in [0, 0.1) is 0 Å². The number of pyridine rings is 1. The van der Waals surface area contributed by atoms with Crippen LogP contribution >= 0.6 is 15.9 Å². The average Bonchev–Trinajstić information content (AvgIpc) is 2.47. The zero-order chi connectivity index (χ0) is 15.9. The number of hydrogen-bond donors (Lipinski definition) is 2. The molecule has 1 aromatic carbocycles. The Labute approximate surface area is 138 Å². The van der Waals surface area contributed by atoms with E-state index in [1.54, 1.807) is 18.3 Å². The van der Waals surface area contributed by atoms with Gasteiger partial charge in [-0.15, -0.1) is 0 Å². The molecule has 2 aromatic rings. The van der Waals surface area contributed by atoms with Crippen molar-refractivity contribution in [1.29, 1.82) is 0 Å². The number of carbonyl (C=O) groups excluding carboxylic acids is 1. The second kappa shape index (κ2) is 7.91. The summed E-state index contributed by atoms with van der Waals surface area (Å²) in [5, 5.41) is 6.07. The Morgan fingerprint density at radius 2 is 2.09 bits per heavy atom. The lowest BCUT2D eigenvalue weighted by atomic mass is 10.2. The fourth-order valence-electron chi connectivity index (χ4n) is 1.85. The first-order chi connectivity index (χ1) is 10.5. The van der Waals surface area contributed by atoms with Gasteiger partial charge in [0.15, 0.2) is 0 Å². The maximum Gasteiger partial charge on any atom is 0.251 e. The quantitative estimate of drug-likeness (QED) is 0.829. The van der Waals surface area contributed by atoms with Crippen LogP contribution in [0.25, 0.3) is 0 Å². The molecule has 0 spiro atoms. The van der Waals surface area contributed by atoms with Crippen LogP contribution < -0.4 is 10.6 Å². The Morgan fingerprint density at radius 1 is 1.27 bits per heavy atom. The molecule has 0 aliphatic rings. The van der Waals surface area contributed by atoms with Gasteiger partial charge in [0.2, 0.25) is 0 Å². The molecule has 0 aliphatic heterocycles. The van der Waals surface area contributed by atoms with Crippen LogP contribution in [0.1, 0.15) is 10.4 Å². The average molecular weight is 363 g/mol. The second-order valence-electron chi connectivity index (χ2n) is 5.12. The number of benzene rings is 1. The van der Waals surface area contributed by atoms with Crippen LogP contribution in [0.15, 0.2) is 47.1 Å². The van der Waals surface area contributed by atoms with Crippen LogP contribution in [-0.4, -0.2) is 43.0 Å². The number of anilines is 2. The van der Waals surface area contributed by atoms with Crippen molar-refractivity contribution in [3.8, 4) is 0 Å². The van der Waals surface area contributed by atoms with E-state index in [0.717, 1.165) is 16.7 Å². The summed E-state index contributed by atoms with van der Waals surface area (Å²) in [6.07, 6.45) is 1.63. The number of amides is 1. The third-order valence-electron chi connectivity index (χ3n) is 2.96. The highest BCUT2D eigenvalue weighted by atomic mass is 79.9. The van der Waals surface area contributed by atoms with Gasteiger partial charge in [-0.05, 0) is 44.4 Å². The number of likely N-dealkylation sites (N-methyl/N-ethyl adjacent to an activating group) is 1. The number of rotatable bonds is 6. The first-order valence-corrected chi connectivity index (χ1v) is 7.75. The highest BCUT2D eigenvalue weighted by Gasteiger charge is 2.07. The maximum atomic E-state index is 12.1. The Morgan fingerprint density at radius 3 is 2.82 bits per heavy atom. The summed E-state index contributed by atoms with van der Waals surface area (Å²) in [6.45, 7) is 1.42. The van der Waals surface area contributed by atoms with Gasteiger partial charge in [-0.1, -0.05) is 22.0 Å². The molecule has 1 aromatic heterocycles. The van der Waals surface area contributed by atoms with E-state index >= 15 is 0 Å². The summed E-state index contributed by atoms with van der Waals surface area (Å²) in [4.78, 5) is 18.4. The molecule has 0 saturated heterocycles. The first kappa shape index (κ1) is 16.5. The van der Waals surface area contributed by atoms with Gasteiger partial charge in [0.25, 0.3) is 5.91 Å². The van der Waals surface area contributed by atoms with Gasteiger partial charge in [-0.3, -0.25) is 4.79 Å². The van der Waals surface area contributed by atoms with Crippen molar-refractivity contribution in [2.75, 3.05) is 32.5 Å². The molecule has 2 rings (SSSR count). The molecular weight excluding hydrogens is 344 g/mol. The number of halogens is 1. The van der Waals surface area contributed by atoms with Crippen LogP contribution in [0.4, 0.5) is 11.5 Å². The third kappa shape index (κ3) is 5.13. The standard InChI is InChI=1S/C16H19BrN4O/c1-21(2)9-8-19-16(22)12-6-7-18-15(10-12)20-14-5-3-4-13(17)11-14/h3-7,10-11H,8-9H2,1-2H3,(H,18,20)(H,19,22). The molecule has 1 amide bonds. The third-order valence-corrected chi connectivity index (χ3v) is 3.46. The normalized spacial score (nSPS) is 10.5. The number of aromatic nitrogens is 1. The summed E-state index contributed by atoms with van der Waals surface area (Å²) >= 11 is 3.42. The Balaban J connectivity index is 2.01. The minimum atomic E-state index is -0.0958. The number of carbonyl (C=O) groups is 1. The molecule has 5 nitrogen and oxygen atoms in total. The van der Waals surface area contributed by atoms with Crippen LogP contribution in [-0.2, 0) is 0 Å². The van der Waals surface area contributed by atoms with Crippen molar-refractivity contribution in [3.63, 3.8) is 0 Å². The molecular formula is C16H19BrN4O. The Kier molecular flexibility index (Phi) is 5.91. The van der Waals surface area contributed by atoms with Gasteiger partial charge in [0.05, 0.1) is 0 Å². The van der Waals surface area contributed by atoms with Crippen molar-refractivity contribution in [2.24, 2.45) is 0 Å². The molecule has 0 fully saturated rings. The maximum absolute atomic E-state index is 12.1. The van der Waals surface area contributed by atoms with E-state index in [1.165, 1.54) is 0 Å². The van der Waals surface area contributed by atoms with Crippen molar-refractivity contribution in [2.45, 2.75) is 0 Å². The molecule has 6 heteroatoms. The minimum Gasteiger partial charge on any atom is -0.351 e. The highest BCUT2D eigenvalue weighted by molar-refractivity contribution is 9.10. The van der Waals surface area contributed by atoms with Gasteiger partial charge in [0, 0.05) is 35.0 Å². The lowest BCUT2D eigenvalue weighted by Crippen LogP contribution is -2.31. The van der Waals surface area contributed by atoms with Crippen molar-refractivity contribution in [3.05, 3.63) is 52.6 Å². The molecule has 116 valence electrons. The fraction of sp³-hybridized carbons (Fsp3) is 0.250. The summed E-state index contributed by atoms with van der Waals surface area (Å²) < 4.78 is 0.982. The molecule has 0 unspecified atom stereocenters. The lowest BCUT2D eigenvalue weighted by Gasteiger charge is -2.11. The zero-order valence-corrected chi connectivity index (χ0v) is 14.2. The Bertz CT molecular complexity index is 646. The largest absolute Gasteiger partial charge is 0.351 e. The number of nitrogens with one attached hydrogen (secondary N) is 2. The molecule has 22 heavy (non-hydrogen) atoms. The molecule has 2 N–H and O–H groups in total. The monoisotopic (exact) mass is 362 g/mol. The first-order valence-electron chi connectivity index (χ1n) is 6.96. The molecule has 0 atom stereocenters. The topological polar surface area (TPSA) is 57.3 Å². The van der Waals surface area contributed by atoms with E-state index in [1.807, 2.05) is 43.3 Å². The Hall–Kier alpha value is -1.92. The van der Waals surface area contributed by atoms with Crippen molar-refractivity contribution >= 4 is 33.3 Å². The highest BCUT2D eigenvalue weighted by Crippen LogP contribution is 2.19. The van der Waals surface area contributed by atoms with E-state index in [4.69, 9.17) is 0 Å². The van der Waals surface area contributed by atoms with Crippen LogP contribution in [0.5, 0.6) is 0 Å². The molecule has 0 saturated carbocycles. The SMILES string of the molecule is CN(C)CCNC(=O)c1ccnc(Nc2cccc(Br)c2)c1. The van der Waals surface area contributed by atoms with Crippen LogP contribution in [0.3, 0.4) is 0 Å². The fourth-order valence-corrected chi connectivity index (χ4v) is 2.25. The molecule has 1 heterocycles. The minimum absolute atomic E-state index is 0.0958. The van der Waals surface area contributed by atoms with Gasteiger partial charge < -0.3 is 15.5 Å². The predicted octanol–water partition coefficient (Wildman–Crippen LogP) is 2.88. The van der Waals surface area contributed by atoms with E-state index in [0.29, 0.717) is 17.9 Å². The molecule has 0 radical (unpaired) electrons. The van der Waals surface area contributed by atoms with Crippen LogP contribution in [0.2, 0.25) is 0 Å². The van der Waals surface area contributed by atoms with Crippen molar-refractivity contribution < 1.29 is 4.79 Å². The predicted molar refractivity (Wildman–Crippen MR) is 92.5 cm³/mol. The molecule has 0 bridgehead atoms. The zero-order valence-electron chi connectivity index (χ0n) is 12.6. The number of hydrogen-bond acceptors (Lipinski definition) is 4. The van der Waals surface area contributed by atoms with Gasteiger partial charge >= 0.3 is 0 Å². The second-order valence-corrected chi connectivity index (χ2v) is 6.04. The van der Waals surface area contributed by atoms with E-state index in [2.05, 4.69) is 31.5 Å². The van der Waals surface area contributed by atoms with E-state index < -0.39 is 0 Å².